The minimum atomic E-state index is -0.358. The molecule has 22 heavy (non-hydrogen) atoms. The average molecular weight is 310 g/mol. The maximum absolute atomic E-state index is 10.9. The highest BCUT2D eigenvalue weighted by atomic mass is 32.1. The van der Waals surface area contributed by atoms with E-state index in [4.69, 9.17) is 0 Å². The van der Waals surface area contributed by atoms with Gasteiger partial charge in [-0.15, -0.1) is 11.3 Å². The molecule has 4 nitrogen and oxygen atoms in total. The Kier molecular flexibility index (Phi) is 3.98. The van der Waals surface area contributed by atoms with Crippen LogP contribution in [0.3, 0.4) is 0 Å². The van der Waals surface area contributed by atoms with Crippen LogP contribution in [-0.4, -0.2) is 9.91 Å². The van der Waals surface area contributed by atoms with Crippen molar-refractivity contribution in [2.24, 2.45) is 0 Å². The number of hydrogen-bond donors (Lipinski definition) is 0. The zero-order valence-corrected chi connectivity index (χ0v) is 12.8. The molecule has 0 fully saturated rings. The van der Waals surface area contributed by atoms with Crippen LogP contribution in [0.2, 0.25) is 0 Å². The van der Waals surface area contributed by atoms with E-state index in [1.54, 1.807) is 29.7 Å². The monoisotopic (exact) mass is 310 g/mol. The second-order valence-corrected chi connectivity index (χ2v) is 6.27. The van der Waals surface area contributed by atoms with Gasteiger partial charge in [-0.05, 0) is 42.7 Å². The number of hydrogen-bond acceptors (Lipinski definition) is 4. The molecule has 3 aromatic rings. The maximum Gasteiger partial charge on any atom is 0.269 e. The molecule has 0 bridgehead atoms. The van der Waals surface area contributed by atoms with Crippen molar-refractivity contribution in [3.8, 4) is 10.6 Å². The zero-order chi connectivity index (χ0) is 15.5. The molecule has 0 amide bonds. The van der Waals surface area contributed by atoms with E-state index in [-0.39, 0.29) is 10.6 Å². The highest BCUT2D eigenvalue weighted by Crippen LogP contribution is 2.31. The molecule has 0 spiro atoms. The van der Waals surface area contributed by atoms with Crippen LogP contribution in [-0.2, 0) is 6.42 Å². The standard InChI is InChI=1S/C17H14N2O2S/c1-12-14(9-13-5-4-6-15(10-13)19(20)21)11-17(22-12)16-7-2-3-8-18-16/h2-8,10-11H,9H2,1H3. The molecule has 2 heterocycles. The van der Waals surface area contributed by atoms with Gasteiger partial charge in [-0.1, -0.05) is 18.2 Å². The maximum atomic E-state index is 10.9. The Hall–Kier alpha value is -2.53. The van der Waals surface area contributed by atoms with Crippen molar-refractivity contribution in [1.82, 2.24) is 4.98 Å². The average Bonchev–Trinajstić information content (AvgIpc) is 2.89. The molecule has 0 radical (unpaired) electrons. The Bertz CT molecular complexity index is 813. The molecule has 0 saturated heterocycles. The summed E-state index contributed by atoms with van der Waals surface area (Å²) in [5.74, 6) is 0. The molecule has 0 saturated carbocycles. The Balaban J connectivity index is 1.89. The van der Waals surface area contributed by atoms with Crippen molar-refractivity contribution in [3.63, 3.8) is 0 Å². The van der Waals surface area contributed by atoms with Crippen molar-refractivity contribution in [2.45, 2.75) is 13.3 Å². The van der Waals surface area contributed by atoms with Crippen LogP contribution in [0, 0.1) is 17.0 Å². The number of thiophene rings is 1. The van der Waals surface area contributed by atoms with E-state index in [0.717, 1.165) is 16.1 Å². The number of nitrogens with zero attached hydrogens (tertiary/aromatic N) is 2. The molecular formula is C17H14N2O2S. The fourth-order valence-electron chi connectivity index (χ4n) is 2.33. The predicted octanol–water partition coefficient (Wildman–Crippen LogP) is 4.62. The van der Waals surface area contributed by atoms with Crippen LogP contribution in [0.15, 0.2) is 54.7 Å². The van der Waals surface area contributed by atoms with E-state index in [1.165, 1.54) is 16.5 Å². The van der Waals surface area contributed by atoms with Gasteiger partial charge in [0.2, 0.25) is 0 Å². The zero-order valence-electron chi connectivity index (χ0n) is 12.0. The van der Waals surface area contributed by atoms with Crippen LogP contribution in [0.1, 0.15) is 16.0 Å². The van der Waals surface area contributed by atoms with Gasteiger partial charge in [0.25, 0.3) is 5.69 Å². The molecule has 3 rings (SSSR count). The first kappa shape index (κ1) is 14.4. The minimum absolute atomic E-state index is 0.135. The summed E-state index contributed by atoms with van der Waals surface area (Å²) in [6.45, 7) is 2.07. The Morgan fingerprint density at radius 2 is 2.05 bits per heavy atom. The van der Waals surface area contributed by atoms with Gasteiger partial charge in [-0.3, -0.25) is 15.1 Å². The number of nitro benzene ring substituents is 1. The van der Waals surface area contributed by atoms with Gasteiger partial charge in [0.15, 0.2) is 0 Å². The van der Waals surface area contributed by atoms with Gasteiger partial charge in [0.1, 0.15) is 0 Å². The van der Waals surface area contributed by atoms with E-state index < -0.39 is 0 Å². The van der Waals surface area contributed by atoms with Crippen molar-refractivity contribution in [2.75, 3.05) is 0 Å². The van der Waals surface area contributed by atoms with Crippen LogP contribution in [0.5, 0.6) is 0 Å². The van der Waals surface area contributed by atoms with Gasteiger partial charge >= 0.3 is 0 Å². The van der Waals surface area contributed by atoms with Crippen LogP contribution in [0.4, 0.5) is 5.69 Å². The minimum Gasteiger partial charge on any atom is -0.258 e. The molecule has 1 aromatic carbocycles. The van der Waals surface area contributed by atoms with Gasteiger partial charge in [0, 0.05) is 23.2 Å². The molecule has 0 atom stereocenters. The van der Waals surface area contributed by atoms with Crippen molar-refractivity contribution in [1.29, 1.82) is 0 Å². The highest BCUT2D eigenvalue weighted by Gasteiger charge is 2.11. The van der Waals surface area contributed by atoms with E-state index in [2.05, 4.69) is 18.0 Å². The predicted molar refractivity (Wildman–Crippen MR) is 88.2 cm³/mol. The Morgan fingerprint density at radius 3 is 2.77 bits per heavy atom. The molecule has 0 aliphatic heterocycles. The van der Waals surface area contributed by atoms with E-state index in [1.807, 2.05) is 24.3 Å². The lowest BCUT2D eigenvalue weighted by molar-refractivity contribution is -0.384. The van der Waals surface area contributed by atoms with Crippen molar-refractivity contribution < 1.29 is 4.92 Å². The Morgan fingerprint density at radius 1 is 1.18 bits per heavy atom. The molecule has 0 unspecified atom stereocenters. The Labute approximate surface area is 132 Å². The second kappa shape index (κ2) is 6.07. The molecule has 0 aliphatic carbocycles. The third-order valence-corrected chi connectivity index (χ3v) is 4.57. The topological polar surface area (TPSA) is 56.0 Å². The third-order valence-electron chi connectivity index (χ3n) is 3.45. The van der Waals surface area contributed by atoms with Crippen LogP contribution >= 0.6 is 11.3 Å². The largest absolute Gasteiger partial charge is 0.269 e. The quantitative estimate of drug-likeness (QED) is 0.522. The van der Waals surface area contributed by atoms with Crippen LogP contribution in [0.25, 0.3) is 10.6 Å². The molecule has 110 valence electrons. The summed E-state index contributed by atoms with van der Waals surface area (Å²) in [6, 6.07) is 14.8. The van der Waals surface area contributed by atoms with Gasteiger partial charge in [-0.2, -0.15) is 0 Å². The normalized spacial score (nSPS) is 10.6. The van der Waals surface area contributed by atoms with Crippen molar-refractivity contribution in [3.05, 3.63) is 80.8 Å². The molecule has 2 aromatic heterocycles. The second-order valence-electron chi connectivity index (χ2n) is 5.01. The summed E-state index contributed by atoms with van der Waals surface area (Å²) in [4.78, 5) is 17.2. The number of aromatic nitrogens is 1. The fourth-order valence-corrected chi connectivity index (χ4v) is 3.35. The summed E-state index contributed by atoms with van der Waals surface area (Å²) in [5.41, 5.74) is 3.23. The summed E-state index contributed by atoms with van der Waals surface area (Å²) < 4.78 is 0. The lowest BCUT2D eigenvalue weighted by atomic mass is 10.0. The summed E-state index contributed by atoms with van der Waals surface area (Å²) in [7, 11) is 0. The number of non-ortho nitro benzene ring substituents is 1. The van der Waals surface area contributed by atoms with E-state index in [9.17, 15) is 10.1 Å². The van der Waals surface area contributed by atoms with Crippen molar-refractivity contribution >= 4 is 17.0 Å². The first-order valence-corrected chi connectivity index (χ1v) is 7.69. The van der Waals surface area contributed by atoms with Crippen LogP contribution < -0.4 is 0 Å². The number of nitro groups is 1. The molecular weight excluding hydrogens is 296 g/mol. The fraction of sp³-hybridized carbons (Fsp3) is 0.118. The van der Waals surface area contributed by atoms with Gasteiger partial charge in [0.05, 0.1) is 15.5 Å². The molecule has 0 aliphatic rings. The lowest BCUT2D eigenvalue weighted by Gasteiger charge is -2.01. The lowest BCUT2D eigenvalue weighted by Crippen LogP contribution is -1.92. The first-order chi connectivity index (χ1) is 10.6. The number of benzene rings is 1. The molecule has 0 N–H and O–H groups in total. The van der Waals surface area contributed by atoms with E-state index >= 15 is 0 Å². The number of aryl methyl sites for hydroxylation is 1. The third kappa shape index (κ3) is 3.04. The first-order valence-electron chi connectivity index (χ1n) is 6.87. The number of rotatable bonds is 4. The summed E-state index contributed by atoms with van der Waals surface area (Å²) >= 11 is 1.70. The number of pyridine rings is 1. The summed E-state index contributed by atoms with van der Waals surface area (Å²) in [6.07, 6.45) is 2.47. The smallest absolute Gasteiger partial charge is 0.258 e. The van der Waals surface area contributed by atoms with E-state index in [0.29, 0.717) is 6.42 Å². The SMILES string of the molecule is Cc1sc(-c2ccccn2)cc1Cc1cccc([N+](=O)[O-])c1. The highest BCUT2D eigenvalue weighted by molar-refractivity contribution is 7.15. The van der Waals surface area contributed by atoms with Gasteiger partial charge < -0.3 is 0 Å². The summed E-state index contributed by atoms with van der Waals surface area (Å²) in [5, 5.41) is 10.9. The van der Waals surface area contributed by atoms with Gasteiger partial charge in [-0.25, -0.2) is 0 Å². The molecule has 5 heteroatoms.